The summed E-state index contributed by atoms with van der Waals surface area (Å²) in [5, 5.41) is 0. The Morgan fingerprint density at radius 3 is 3.36 bits per heavy atom. The van der Waals surface area contributed by atoms with E-state index in [0.717, 1.165) is 12.1 Å². The molecule has 1 aliphatic rings. The minimum Gasteiger partial charge on any atom is -0.244 e. The normalized spacial score (nSPS) is 21.4. The van der Waals surface area contributed by atoms with Gasteiger partial charge in [0.1, 0.15) is 6.33 Å². The molecule has 2 heteroatoms. The van der Waals surface area contributed by atoms with Crippen LogP contribution in [0.4, 0.5) is 0 Å². The molecule has 2 rings (SSSR count). The molecule has 0 amide bonds. The third kappa shape index (κ3) is 1.16. The van der Waals surface area contributed by atoms with Crippen LogP contribution >= 0.6 is 0 Å². The molecule has 0 saturated heterocycles. The lowest BCUT2D eigenvalue weighted by molar-refractivity contribution is 0.708. The summed E-state index contributed by atoms with van der Waals surface area (Å²) in [6, 6.07) is 0. The third-order valence-corrected chi connectivity index (χ3v) is 1.95. The SMILES string of the molecule is CC1C=Cc2ncncc2C1. The minimum absolute atomic E-state index is 0.633. The van der Waals surface area contributed by atoms with Crippen molar-refractivity contribution in [1.29, 1.82) is 0 Å². The molecular weight excluding hydrogens is 136 g/mol. The van der Waals surface area contributed by atoms with Crippen molar-refractivity contribution >= 4 is 6.08 Å². The van der Waals surface area contributed by atoms with Crippen molar-refractivity contribution in [3.63, 3.8) is 0 Å². The maximum Gasteiger partial charge on any atom is 0.116 e. The fourth-order valence-electron chi connectivity index (χ4n) is 1.35. The molecule has 1 aliphatic carbocycles. The monoisotopic (exact) mass is 146 g/mol. The van der Waals surface area contributed by atoms with Gasteiger partial charge in [-0.2, -0.15) is 0 Å². The first-order chi connectivity index (χ1) is 5.36. The largest absolute Gasteiger partial charge is 0.244 e. The average Bonchev–Trinajstić information content (AvgIpc) is 2.04. The van der Waals surface area contributed by atoms with Crippen molar-refractivity contribution in [1.82, 2.24) is 9.97 Å². The predicted molar refractivity (Wildman–Crippen MR) is 43.9 cm³/mol. The van der Waals surface area contributed by atoms with Crippen molar-refractivity contribution in [3.05, 3.63) is 29.9 Å². The van der Waals surface area contributed by atoms with Crippen LogP contribution in [-0.2, 0) is 6.42 Å². The molecular formula is C9H10N2. The van der Waals surface area contributed by atoms with E-state index in [4.69, 9.17) is 0 Å². The van der Waals surface area contributed by atoms with Gasteiger partial charge in [-0.3, -0.25) is 0 Å². The highest BCUT2D eigenvalue weighted by Gasteiger charge is 2.09. The first kappa shape index (κ1) is 6.53. The molecule has 1 atom stereocenters. The summed E-state index contributed by atoms with van der Waals surface area (Å²) in [5.74, 6) is 0.633. The van der Waals surface area contributed by atoms with Crippen LogP contribution in [0.3, 0.4) is 0 Å². The number of rotatable bonds is 0. The van der Waals surface area contributed by atoms with Gasteiger partial charge in [0, 0.05) is 6.20 Å². The van der Waals surface area contributed by atoms with E-state index in [1.54, 1.807) is 6.33 Å². The first-order valence-corrected chi connectivity index (χ1v) is 3.83. The molecule has 0 radical (unpaired) electrons. The summed E-state index contributed by atoms with van der Waals surface area (Å²) in [4.78, 5) is 8.14. The summed E-state index contributed by atoms with van der Waals surface area (Å²) in [5.41, 5.74) is 2.35. The molecule has 1 aromatic rings. The first-order valence-electron chi connectivity index (χ1n) is 3.83. The van der Waals surface area contributed by atoms with Gasteiger partial charge in [0.25, 0.3) is 0 Å². The van der Waals surface area contributed by atoms with E-state index in [9.17, 15) is 0 Å². The number of fused-ring (bicyclic) bond motifs is 1. The molecule has 0 aromatic carbocycles. The third-order valence-electron chi connectivity index (χ3n) is 1.95. The van der Waals surface area contributed by atoms with Gasteiger partial charge in [-0.25, -0.2) is 9.97 Å². The smallest absolute Gasteiger partial charge is 0.116 e. The van der Waals surface area contributed by atoms with Gasteiger partial charge >= 0.3 is 0 Å². The van der Waals surface area contributed by atoms with Crippen LogP contribution in [0.25, 0.3) is 6.08 Å². The van der Waals surface area contributed by atoms with E-state index in [2.05, 4.69) is 29.0 Å². The average molecular weight is 146 g/mol. The van der Waals surface area contributed by atoms with Gasteiger partial charge in [-0.15, -0.1) is 0 Å². The topological polar surface area (TPSA) is 25.8 Å². The molecule has 1 aromatic heterocycles. The Hall–Kier alpha value is -1.18. The van der Waals surface area contributed by atoms with E-state index in [1.807, 2.05) is 6.20 Å². The number of nitrogens with zero attached hydrogens (tertiary/aromatic N) is 2. The highest BCUT2D eigenvalue weighted by Crippen LogP contribution is 2.18. The summed E-state index contributed by atoms with van der Waals surface area (Å²) in [6.45, 7) is 2.20. The number of hydrogen-bond donors (Lipinski definition) is 0. The summed E-state index contributed by atoms with van der Waals surface area (Å²) in [6.07, 6.45) is 8.84. The lowest BCUT2D eigenvalue weighted by Crippen LogP contribution is -2.04. The van der Waals surface area contributed by atoms with Gasteiger partial charge in [0.2, 0.25) is 0 Å². The zero-order valence-electron chi connectivity index (χ0n) is 6.49. The molecule has 0 aliphatic heterocycles. The predicted octanol–water partition coefficient (Wildman–Crippen LogP) is 1.68. The van der Waals surface area contributed by atoms with Crippen LogP contribution in [0.2, 0.25) is 0 Å². The van der Waals surface area contributed by atoms with Crippen LogP contribution in [0.1, 0.15) is 18.2 Å². The van der Waals surface area contributed by atoms with Crippen LogP contribution in [0.5, 0.6) is 0 Å². The van der Waals surface area contributed by atoms with E-state index >= 15 is 0 Å². The van der Waals surface area contributed by atoms with Gasteiger partial charge in [0.15, 0.2) is 0 Å². The highest BCUT2D eigenvalue weighted by atomic mass is 14.8. The Balaban J connectivity index is 2.46. The number of allylic oxidation sites excluding steroid dienone is 1. The lowest BCUT2D eigenvalue weighted by atomic mass is 9.95. The maximum absolute atomic E-state index is 4.16. The Kier molecular flexibility index (Phi) is 1.46. The molecule has 2 nitrogen and oxygen atoms in total. The second kappa shape index (κ2) is 2.46. The van der Waals surface area contributed by atoms with Gasteiger partial charge in [-0.1, -0.05) is 13.0 Å². The second-order valence-corrected chi connectivity index (χ2v) is 2.97. The van der Waals surface area contributed by atoms with E-state index in [-0.39, 0.29) is 0 Å². The van der Waals surface area contributed by atoms with Crippen LogP contribution in [0, 0.1) is 5.92 Å². The quantitative estimate of drug-likeness (QED) is 0.556. The fourth-order valence-corrected chi connectivity index (χ4v) is 1.35. The van der Waals surface area contributed by atoms with Gasteiger partial charge in [0.05, 0.1) is 5.69 Å². The van der Waals surface area contributed by atoms with Crippen LogP contribution in [-0.4, -0.2) is 9.97 Å². The van der Waals surface area contributed by atoms with Crippen molar-refractivity contribution in [2.75, 3.05) is 0 Å². The highest BCUT2D eigenvalue weighted by molar-refractivity contribution is 5.51. The summed E-state index contributed by atoms with van der Waals surface area (Å²) >= 11 is 0. The zero-order valence-corrected chi connectivity index (χ0v) is 6.49. The van der Waals surface area contributed by atoms with E-state index in [1.165, 1.54) is 5.56 Å². The Bertz CT molecular complexity index is 291. The van der Waals surface area contributed by atoms with E-state index in [0.29, 0.717) is 5.92 Å². The second-order valence-electron chi connectivity index (χ2n) is 2.97. The summed E-state index contributed by atoms with van der Waals surface area (Å²) in [7, 11) is 0. The summed E-state index contributed by atoms with van der Waals surface area (Å²) < 4.78 is 0. The molecule has 0 spiro atoms. The number of hydrogen-bond acceptors (Lipinski definition) is 2. The molecule has 11 heavy (non-hydrogen) atoms. The lowest BCUT2D eigenvalue weighted by Gasteiger charge is -2.12. The Morgan fingerprint density at radius 1 is 1.55 bits per heavy atom. The van der Waals surface area contributed by atoms with Crippen molar-refractivity contribution in [3.8, 4) is 0 Å². The maximum atomic E-state index is 4.16. The van der Waals surface area contributed by atoms with Crippen LogP contribution in [0.15, 0.2) is 18.6 Å². The Morgan fingerprint density at radius 2 is 2.45 bits per heavy atom. The zero-order chi connectivity index (χ0) is 7.68. The van der Waals surface area contributed by atoms with Gasteiger partial charge in [-0.05, 0) is 24.0 Å². The van der Waals surface area contributed by atoms with Crippen LogP contribution < -0.4 is 0 Å². The molecule has 1 heterocycles. The minimum atomic E-state index is 0.633. The van der Waals surface area contributed by atoms with Crippen molar-refractivity contribution in [2.24, 2.45) is 5.92 Å². The standard InChI is InChI=1S/C9H10N2/c1-7-2-3-9-8(4-7)5-10-6-11-9/h2-3,5-7H,4H2,1H3. The van der Waals surface area contributed by atoms with Crippen molar-refractivity contribution in [2.45, 2.75) is 13.3 Å². The molecule has 1 unspecified atom stereocenters. The molecule has 0 bridgehead atoms. The molecule has 56 valence electrons. The molecule has 0 fully saturated rings. The van der Waals surface area contributed by atoms with Crippen molar-refractivity contribution < 1.29 is 0 Å². The molecule has 0 N–H and O–H groups in total. The Labute approximate surface area is 66.0 Å². The fraction of sp³-hybridized carbons (Fsp3) is 0.333. The number of aromatic nitrogens is 2. The van der Waals surface area contributed by atoms with Gasteiger partial charge < -0.3 is 0 Å². The molecule has 0 saturated carbocycles. The van der Waals surface area contributed by atoms with E-state index < -0.39 is 0 Å².